The molecule has 1 atom stereocenters. The molecule has 6 heteroatoms. The Labute approximate surface area is 181 Å². The number of hydrogen-bond acceptors (Lipinski definition) is 4. The number of hydrogen-bond donors (Lipinski definition) is 1. The highest BCUT2D eigenvalue weighted by Gasteiger charge is 2.19. The van der Waals surface area contributed by atoms with Gasteiger partial charge in [-0.25, -0.2) is 0 Å². The molecule has 4 rings (SSSR count). The zero-order valence-corrected chi connectivity index (χ0v) is 18.2. The highest BCUT2D eigenvalue weighted by molar-refractivity contribution is 5.96. The molecule has 0 fully saturated rings. The minimum absolute atomic E-state index is 0.228. The number of carbonyl (C=O) groups is 1. The second-order valence-electron chi connectivity index (χ2n) is 7.58. The number of nitrogens with one attached hydrogen (secondary N) is 1. The Morgan fingerprint density at radius 2 is 1.84 bits per heavy atom. The van der Waals surface area contributed by atoms with Crippen LogP contribution in [0.4, 0.5) is 5.69 Å². The van der Waals surface area contributed by atoms with E-state index in [1.165, 1.54) is 5.56 Å². The maximum atomic E-state index is 12.7. The van der Waals surface area contributed by atoms with Crippen LogP contribution >= 0.6 is 0 Å². The number of ether oxygens (including phenoxy) is 1. The molecular weight excluding hydrogens is 388 g/mol. The summed E-state index contributed by atoms with van der Waals surface area (Å²) >= 11 is 0. The van der Waals surface area contributed by atoms with Crippen LogP contribution in [0.15, 0.2) is 60.7 Å². The van der Waals surface area contributed by atoms with Crippen molar-refractivity contribution in [2.45, 2.75) is 33.3 Å². The van der Waals surface area contributed by atoms with Gasteiger partial charge in [-0.3, -0.25) is 9.48 Å². The molecule has 0 aliphatic heterocycles. The van der Waals surface area contributed by atoms with Crippen LogP contribution in [0.3, 0.4) is 0 Å². The van der Waals surface area contributed by atoms with Crippen LogP contribution < -0.4 is 10.1 Å². The van der Waals surface area contributed by atoms with Crippen molar-refractivity contribution < 1.29 is 9.53 Å². The van der Waals surface area contributed by atoms with Gasteiger partial charge in [0.05, 0.1) is 11.1 Å². The quantitative estimate of drug-likeness (QED) is 0.487. The molecule has 2 heterocycles. The predicted molar refractivity (Wildman–Crippen MR) is 123 cm³/mol. The topological polar surface area (TPSA) is 69.0 Å². The Hall–Kier alpha value is -3.67. The van der Waals surface area contributed by atoms with Gasteiger partial charge in [0.1, 0.15) is 0 Å². The summed E-state index contributed by atoms with van der Waals surface area (Å²) in [6.07, 6.45) is 0.243. The van der Waals surface area contributed by atoms with Crippen molar-refractivity contribution in [3.63, 3.8) is 0 Å². The largest absolute Gasteiger partial charge is 0.464 e. The zero-order chi connectivity index (χ0) is 22.0. The van der Waals surface area contributed by atoms with E-state index in [9.17, 15) is 4.79 Å². The fraction of sp³-hybridized carbons (Fsp3) is 0.240. The number of pyridine rings is 1. The van der Waals surface area contributed by atoms with Crippen LogP contribution in [-0.2, 0) is 18.3 Å². The third kappa shape index (κ3) is 4.28. The average Bonchev–Trinajstić information content (AvgIpc) is 3.07. The van der Waals surface area contributed by atoms with E-state index in [4.69, 9.17) is 4.74 Å². The van der Waals surface area contributed by atoms with Gasteiger partial charge in [0.15, 0.2) is 11.8 Å². The molecule has 6 nitrogen and oxygen atoms in total. The summed E-state index contributed by atoms with van der Waals surface area (Å²) in [5.74, 6) is 0.159. The van der Waals surface area contributed by atoms with Crippen LogP contribution in [0.1, 0.15) is 25.1 Å². The van der Waals surface area contributed by atoms with Gasteiger partial charge in [0.2, 0.25) is 5.88 Å². The lowest BCUT2D eigenvalue weighted by atomic mass is 10.0. The van der Waals surface area contributed by atoms with Crippen LogP contribution in [0.5, 0.6) is 5.88 Å². The number of nitrogens with zero attached hydrogens (tertiary/aromatic N) is 3. The van der Waals surface area contributed by atoms with Crippen LogP contribution in [-0.4, -0.2) is 26.8 Å². The fourth-order valence-electron chi connectivity index (χ4n) is 3.63. The first-order valence-corrected chi connectivity index (χ1v) is 10.4. The fourth-order valence-corrected chi connectivity index (χ4v) is 3.63. The average molecular weight is 415 g/mol. The third-order valence-corrected chi connectivity index (χ3v) is 5.33. The predicted octanol–water partition coefficient (Wildman–Crippen LogP) is 4.91. The summed E-state index contributed by atoms with van der Waals surface area (Å²) in [4.78, 5) is 17.3. The molecule has 0 radical (unpaired) electrons. The molecular formula is C25H26N4O2. The minimum Gasteiger partial charge on any atom is -0.464 e. The van der Waals surface area contributed by atoms with Crippen molar-refractivity contribution in [2.75, 3.05) is 5.32 Å². The second kappa shape index (κ2) is 8.60. The number of rotatable bonds is 6. The molecule has 31 heavy (non-hydrogen) atoms. The smallest absolute Gasteiger partial charge is 0.265 e. The maximum absolute atomic E-state index is 12.7. The van der Waals surface area contributed by atoms with E-state index in [1.807, 2.05) is 74.6 Å². The lowest BCUT2D eigenvalue weighted by molar-refractivity contribution is -0.122. The summed E-state index contributed by atoms with van der Waals surface area (Å²) in [7, 11) is 1.86. The Morgan fingerprint density at radius 1 is 1.13 bits per heavy atom. The maximum Gasteiger partial charge on any atom is 0.265 e. The number of amides is 1. The van der Waals surface area contributed by atoms with Crippen molar-refractivity contribution in [3.05, 3.63) is 71.9 Å². The van der Waals surface area contributed by atoms with E-state index >= 15 is 0 Å². The molecule has 0 saturated heterocycles. The Balaban J connectivity index is 1.61. The lowest BCUT2D eigenvalue weighted by Gasteiger charge is -2.15. The van der Waals surface area contributed by atoms with Crippen LogP contribution in [0, 0.1) is 6.92 Å². The number of aryl methyl sites for hydroxylation is 3. The molecule has 1 amide bonds. The zero-order valence-electron chi connectivity index (χ0n) is 18.2. The standard InChI is InChI=1S/C25H26N4O2/c1-5-18-11-13-20(14-12-18)26-25(30)17(3)31-22-15-21(19-9-7-6-8-10-19)23-16(2)28-29(4)24(23)27-22/h6-15,17H,5H2,1-4H3,(H,26,30)/t17-/m1/s1. The van der Waals surface area contributed by atoms with E-state index in [0.29, 0.717) is 5.88 Å². The van der Waals surface area contributed by atoms with Gasteiger partial charge in [-0.2, -0.15) is 10.1 Å². The summed E-state index contributed by atoms with van der Waals surface area (Å²) in [5.41, 5.74) is 5.61. The summed E-state index contributed by atoms with van der Waals surface area (Å²) in [5, 5.41) is 8.40. The summed E-state index contributed by atoms with van der Waals surface area (Å²) < 4.78 is 7.70. The van der Waals surface area contributed by atoms with Gasteiger partial charge in [-0.15, -0.1) is 0 Å². The van der Waals surface area contributed by atoms with Crippen molar-refractivity contribution in [2.24, 2.45) is 7.05 Å². The monoisotopic (exact) mass is 414 g/mol. The molecule has 1 N–H and O–H groups in total. The Kier molecular flexibility index (Phi) is 5.71. The molecule has 2 aromatic carbocycles. The molecule has 0 spiro atoms. The first-order valence-electron chi connectivity index (χ1n) is 10.4. The van der Waals surface area contributed by atoms with Gasteiger partial charge in [0.25, 0.3) is 5.91 Å². The van der Waals surface area contributed by atoms with Gasteiger partial charge in [0, 0.05) is 18.8 Å². The lowest BCUT2D eigenvalue weighted by Crippen LogP contribution is -2.30. The second-order valence-corrected chi connectivity index (χ2v) is 7.58. The third-order valence-electron chi connectivity index (χ3n) is 5.33. The molecule has 0 aliphatic rings. The van der Waals surface area contributed by atoms with E-state index in [2.05, 4.69) is 22.3 Å². The molecule has 158 valence electrons. The molecule has 0 bridgehead atoms. The first kappa shape index (κ1) is 20.6. The van der Waals surface area contributed by atoms with E-state index in [0.717, 1.165) is 40.0 Å². The minimum atomic E-state index is -0.714. The van der Waals surface area contributed by atoms with Crippen LogP contribution in [0.25, 0.3) is 22.2 Å². The van der Waals surface area contributed by atoms with Gasteiger partial charge >= 0.3 is 0 Å². The number of aromatic nitrogens is 3. The van der Waals surface area contributed by atoms with Crippen molar-refractivity contribution >= 4 is 22.6 Å². The van der Waals surface area contributed by atoms with Gasteiger partial charge < -0.3 is 10.1 Å². The van der Waals surface area contributed by atoms with Crippen molar-refractivity contribution in [3.8, 4) is 17.0 Å². The number of anilines is 1. The highest BCUT2D eigenvalue weighted by atomic mass is 16.5. The van der Waals surface area contributed by atoms with E-state index < -0.39 is 6.10 Å². The Bertz CT molecular complexity index is 1210. The van der Waals surface area contributed by atoms with Crippen molar-refractivity contribution in [1.82, 2.24) is 14.8 Å². The van der Waals surface area contributed by atoms with Gasteiger partial charge in [-0.05, 0) is 49.1 Å². The Morgan fingerprint density at radius 3 is 2.52 bits per heavy atom. The molecule has 2 aromatic heterocycles. The molecule has 0 aliphatic carbocycles. The van der Waals surface area contributed by atoms with E-state index in [1.54, 1.807) is 11.6 Å². The molecule has 0 saturated carbocycles. The normalized spacial score (nSPS) is 12.0. The molecule has 0 unspecified atom stereocenters. The van der Waals surface area contributed by atoms with Gasteiger partial charge in [-0.1, -0.05) is 49.4 Å². The summed E-state index contributed by atoms with van der Waals surface area (Å²) in [6.45, 7) is 5.79. The summed E-state index contributed by atoms with van der Waals surface area (Å²) in [6, 6.07) is 19.8. The van der Waals surface area contributed by atoms with Crippen molar-refractivity contribution in [1.29, 1.82) is 0 Å². The molecule has 4 aromatic rings. The number of fused-ring (bicyclic) bond motifs is 1. The number of carbonyl (C=O) groups excluding carboxylic acids is 1. The van der Waals surface area contributed by atoms with E-state index in [-0.39, 0.29) is 5.91 Å². The SMILES string of the molecule is CCc1ccc(NC(=O)[C@@H](C)Oc2cc(-c3ccccc3)c3c(C)nn(C)c3n2)cc1. The first-order chi connectivity index (χ1) is 15.0. The highest BCUT2D eigenvalue weighted by Crippen LogP contribution is 2.33. The number of benzene rings is 2. The van der Waals surface area contributed by atoms with Crippen LogP contribution in [0.2, 0.25) is 0 Å².